The van der Waals surface area contributed by atoms with Crippen molar-refractivity contribution in [1.29, 1.82) is 0 Å². The first-order chi connectivity index (χ1) is 7.18. The fourth-order valence-corrected chi connectivity index (χ4v) is 2.95. The minimum atomic E-state index is -3.48. The van der Waals surface area contributed by atoms with E-state index in [9.17, 15) is 8.42 Å². The molecule has 74 valence electrons. The first-order valence-electron chi connectivity index (χ1n) is 4.50. The van der Waals surface area contributed by atoms with Crippen LogP contribution < -0.4 is 0 Å². The lowest BCUT2D eigenvalue weighted by molar-refractivity contribution is 0.599. The quantitative estimate of drug-likeness (QED) is 0.677. The zero-order valence-electron chi connectivity index (χ0n) is 7.71. The summed E-state index contributed by atoms with van der Waals surface area (Å²) in [6.07, 6.45) is 1.41. The van der Waals surface area contributed by atoms with E-state index >= 15 is 0 Å². The minimum Gasteiger partial charge on any atom is -0.199 e. The first-order valence-corrected chi connectivity index (χ1v) is 5.95. The molecule has 0 unspecified atom stereocenters. The fraction of sp³-hybridized carbons (Fsp3) is 0. The SMILES string of the molecule is O=S1(=O)N=Cc2cccc3cccc1c23. The van der Waals surface area contributed by atoms with Crippen LogP contribution >= 0.6 is 0 Å². The van der Waals surface area contributed by atoms with Crippen molar-refractivity contribution < 1.29 is 8.42 Å². The third-order valence-electron chi connectivity index (χ3n) is 2.51. The van der Waals surface area contributed by atoms with E-state index in [0.717, 1.165) is 16.3 Å². The van der Waals surface area contributed by atoms with Gasteiger partial charge in [-0.05, 0) is 11.5 Å². The summed E-state index contributed by atoms with van der Waals surface area (Å²) in [5.41, 5.74) is 0.859. The van der Waals surface area contributed by atoms with Gasteiger partial charge in [-0.2, -0.15) is 12.8 Å². The number of sulfonamides is 1. The van der Waals surface area contributed by atoms with E-state index < -0.39 is 10.0 Å². The summed E-state index contributed by atoms with van der Waals surface area (Å²) in [5.74, 6) is 0. The van der Waals surface area contributed by atoms with Gasteiger partial charge in [-0.25, -0.2) is 0 Å². The summed E-state index contributed by atoms with van der Waals surface area (Å²) in [4.78, 5) is 0.304. The molecule has 1 aliphatic heterocycles. The molecule has 0 radical (unpaired) electrons. The summed E-state index contributed by atoms with van der Waals surface area (Å²) < 4.78 is 26.9. The van der Waals surface area contributed by atoms with Crippen molar-refractivity contribution in [3.8, 4) is 0 Å². The molecular weight excluding hydrogens is 210 g/mol. The van der Waals surface area contributed by atoms with Crippen molar-refractivity contribution in [2.75, 3.05) is 0 Å². The molecular formula is C11H7NO2S. The number of benzene rings is 2. The Labute approximate surface area is 87.1 Å². The molecule has 15 heavy (non-hydrogen) atoms. The van der Waals surface area contributed by atoms with E-state index in [1.54, 1.807) is 12.1 Å². The lowest BCUT2D eigenvalue weighted by atomic mass is 10.1. The van der Waals surface area contributed by atoms with E-state index in [0.29, 0.717) is 4.90 Å². The maximum Gasteiger partial charge on any atom is 0.282 e. The second-order valence-electron chi connectivity index (χ2n) is 3.41. The van der Waals surface area contributed by atoms with Crippen LogP contribution in [0.5, 0.6) is 0 Å². The largest absolute Gasteiger partial charge is 0.282 e. The highest BCUT2D eigenvalue weighted by Crippen LogP contribution is 2.29. The van der Waals surface area contributed by atoms with Gasteiger partial charge in [-0.3, -0.25) is 0 Å². The van der Waals surface area contributed by atoms with Gasteiger partial charge in [-0.15, -0.1) is 0 Å². The van der Waals surface area contributed by atoms with Crippen molar-refractivity contribution in [3.05, 3.63) is 42.0 Å². The summed E-state index contributed by atoms with van der Waals surface area (Å²) in [6, 6.07) is 10.9. The van der Waals surface area contributed by atoms with Gasteiger partial charge in [0.25, 0.3) is 10.0 Å². The molecule has 0 bridgehead atoms. The van der Waals surface area contributed by atoms with E-state index in [4.69, 9.17) is 0 Å². The summed E-state index contributed by atoms with van der Waals surface area (Å²) in [5, 5.41) is 1.70. The molecule has 0 spiro atoms. The smallest absolute Gasteiger partial charge is 0.199 e. The Hall–Kier alpha value is -1.68. The number of rotatable bonds is 0. The molecule has 1 heterocycles. The lowest BCUT2D eigenvalue weighted by Crippen LogP contribution is -2.05. The predicted octanol–water partition coefficient (Wildman–Crippen LogP) is 1.96. The van der Waals surface area contributed by atoms with Crippen LogP contribution in [0.3, 0.4) is 0 Å². The molecule has 2 aromatic carbocycles. The Balaban J connectivity index is 2.64. The molecule has 0 saturated carbocycles. The lowest BCUT2D eigenvalue weighted by Gasteiger charge is -2.11. The zero-order chi connectivity index (χ0) is 10.5. The number of hydrogen-bond donors (Lipinski definition) is 0. The molecule has 4 heteroatoms. The molecule has 3 nitrogen and oxygen atoms in total. The standard InChI is InChI=1S/C11H7NO2S/c13-15(14)10-6-2-4-8-3-1-5-9(7-12-15)11(8)10/h1-7H. The van der Waals surface area contributed by atoms with Crippen LogP contribution in [0.2, 0.25) is 0 Å². The zero-order valence-corrected chi connectivity index (χ0v) is 8.53. The number of nitrogens with zero attached hydrogens (tertiary/aromatic N) is 1. The molecule has 3 rings (SSSR count). The van der Waals surface area contributed by atoms with Crippen molar-refractivity contribution in [2.45, 2.75) is 4.90 Å². The van der Waals surface area contributed by atoms with Crippen molar-refractivity contribution in [2.24, 2.45) is 4.40 Å². The molecule has 0 aromatic heterocycles. The minimum absolute atomic E-state index is 0.304. The average molecular weight is 217 g/mol. The third-order valence-corrected chi connectivity index (χ3v) is 3.79. The van der Waals surface area contributed by atoms with E-state index in [1.165, 1.54) is 6.21 Å². The Morgan fingerprint density at radius 1 is 1.00 bits per heavy atom. The van der Waals surface area contributed by atoms with Crippen LogP contribution in [0, 0.1) is 0 Å². The maximum atomic E-state index is 11.7. The van der Waals surface area contributed by atoms with Crippen molar-refractivity contribution >= 4 is 27.0 Å². The predicted molar refractivity (Wildman–Crippen MR) is 58.7 cm³/mol. The highest BCUT2D eigenvalue weighted by atomic mass is 32.2. The maximum absolute atomic E-state index is 11.7. The van der Waals surface area contributed by atoms with Gasteiger partial charge >= 0.3 is 0 Å². The average Bonchev–Trinajstić information content (AvgIpc) is 2.24. The summed E-state index contributed by atoms with van der Waals surface area (Å²) in [7, 11) is -3.48. The van der Waals surface area contributed by atoms with Crippen LogP contribution in [0.25, 0.3) is 10.8 Å². The van der Waals surface area contributed by atoms with Gasteiger partial charge in [0.1, 0.15) is 0 Å². The molecule has 0 N–H and O–H groups in total. The van der Waals surface area contributed by atoms with Gasteiger partial charge in [0.05, 0.1) is 4.90 Å². The topological polar surface area (TPSA) is 46.5 Å². The molecule has 0 aliphatic carbocycles. The monoisotopic (exact) mass is 217 g/mol. The third kappa shape index (κ3) is 1.11. The second-order valence-corrected chi connectivity index (χ2v) is 5.01. The fourth-order valence-electron chi connectivity index (χ4n) is 1.84. The highest BCUT2D eigenvalue weighted by Gasteiger charge is 2.20. The Kier molecular flexibility index (Phi) is 1.53. The van der Waals surface area contributed by atoms with Gasteiger partial charge < -0.3 is 0 Å². The van der Waals surface area contributed by atoms with Crippen molar-refractivity contribution in [1.82, 2.24) is 0 Å². The molecule has 0 saturated heterocycles. The van der Waals surface area contributed by atoms with Gasteiger partial charge in [-0.1, -0.05) is 30.3 Å². The Morgan fingerprint density at radius 2 is 1.73 bits per heavy atom. The van der Waals surface area contributed by atoms with E-state index in [1.807, 2.05) is 24.3 Å². The normalized spacial score (nSPS) is 16.8. The summed E-state index contributed by atoms with van der Waals surface area (Å²) >= 11 is 0. The Morgan fingerprint density at radius 3 is 2.53 bits per heavy atom. The van der Waals surface area contributed by atoms with Gasteiger partial charge in [0.15, 0.2) is 0 Å². The second kappa shape index (κ2) is 2.67. The van der Waals surface area contributed by atoms with Gasteiger partial charge in [0.2, 0.25) is 0 Å². The number of hydrogen-bond acceptors (Lipinski definition) is 2. The van der Waals surface area contributed by atoms with Crippen LogP contribution in [0.15, 0.2) is 45.7 Å². The molecule has 0 amide bonds. The molecule has 0 atom stereocenters. The van der Waals surface area contributed by atoms with Crippen molar-refractivity contribution in [3.63, 3.8) is 0 Å². The van der Waals surface area contributed by atoms with E-state index in [2.05, 4.69) is 4.40 Å². The highest BCUT2D eigenvalue weighted by molar-refractivity contribution is 7.90. The molecule has 2 aromatic rings. The molecule has 0 fully saturated rings. The summed E-state index contributed by atoms with van der Waals surface area (Å²) in [6.45, 7) is 0. The van der Waals surface area contributed by atoms with Crippen LogP contribution in [0.4, 0.5) is 0 Å². The van der Waals surface area contributed by atoms with Gasteiger partial charge in [0, 0.05) is 17.2 Å². The first kappa shape index (κ1) is 8.61. The van der Waals surface area contributed by atoms with E-state index in [-0.39, 0.29) is 0 Å². The van der Waals surface area contributed by atoms with Crippen LogP contribution in [-0.2, 0) is 10.0 Å². The van der Waals surface area contributed by atoms with Crippen LogP contribution in [-0.4, -0.2) is 14.6 Å². The molecule has 1 aliphatic rings. The van der Waals surface area contributed by atoms with Crippen LogP contribution in [0.1, 0.15) is 5.56 Å². The Bertz CT molecular complexity index is 682.